The zero-order chi connectivity index (χ0) is 16.3. The normalized spacial score (nSPS) is 17.8. The number of aromatic nitrogens is 2. The van der Waals surface area contributed by atoms with Crippen molar-refractivity contribution < 1.29 is 17.9 Å². The molecule has 0 bridgehead atoms. The van der Waals surface area contributed by atoms with Gasteiger partial charge in [0.05, 0.1) is 18.7 Å². The van der Waals surface area contributed by atoms with Crippen LogP contribution in [-0.2, 0) is 19.4 Å². The van der Waals surface area contributed by atoms with E-state index in [0.29, 0.717) is 12.3 Å². The lowest BCUT2D eigenvalue weighted by atomic mass is 9.98. The Balaban J connectivity index is 2.24. The number of rotatable bonds is 6. The van der Waals surface area contributed by atoms with Gasteiger partial charge in [-0.1, -0.05) is 25.7 Å². The molecule has 124 valence electrons. The minimum absolute atomic E-state index is 0.0165. The highest BCUT2D eigenvalue weighted by molar-refractivity contribution is 7.91. The summed E-state index contributed by atoms with van der Waals surface area (Å²) in [4.78, 5) is 16.1. The van der Waals surface area contributed by atoms with Crippen molar-refractivity contribution in [1.29, 1.82) is 0 Å². The maximum Gasteiger partial charge on any atom is 0.328 e. The van der Waals surface area contributed by atoms with Gasteiger partial charge in [0.2, 0.25) is 0 Å². The zero-order valence-electron chi connectivity index (χ0n) is 13.4. The number of esters is 1. The van der Waals surface area contributed by atoms with Gasteiger partial charge in [-0.3, -0.25) is 0 Å². The maximum atomic E-state index is 12.2. The molecular weight excluding hydrogens is 304 g/mol. The van der Waals surface area contributed by atoms with Crippen LogP contribution in [0.5, 0.6) is 0 Å². The lowest BCUT2D eigenvalue weighted by molar-refractivity contribution is -0.145. The Hall–Kier alpha value is -1.37. The van der Waals surface area contributed by atoms with Crippen molar-refractivity contribution in [2.45, 2.75) is 62.3 Å². The number of hydrogen-bond donors (Lipinski definition) is 0. The van der Waals surface area contributed by atoms with E-state index in [1.165, 1.54) is 32.5 Å². The highest BCUT2D eigenvalue weighted by Crippen LogP contribution is 2.32. The van der Waals surface area contributed by atoms with Crippen LogP contribution in [0.2, 0.25) is 0 Å². The Morgan fingerprint density at radius 1 is 1.41 bits per heavy atom. The molecule has 0 N–H and O–H groups in total. The summed E-state index contributed by atoms with van der Waals surface area (Å²) in [6.07, 6.45) is 8.14. The molecule has 0 spiro atoms. The van der Waals surface area contributed by atoms with Crippen LogP contribution in [0.3, 0.4) is 0 Å². The van der Waals surface area contributed by atoms with E-state index in [2.05, 4.69) is 4.98 Å². The Morgan fingerprint density at radius 3 is 2.59 bits per heavy atom. The molecule has 7 heteroatoms. The molecule has 6 nitrogen and oxygen atoms in total. The molecule has 1 aliphatic rings. The van der Waals surface area contributed by atoms with E-state index in [9.17, 15) is 13.2 Å². The monoisotopic (exact) mass is 328 g/mol. The Morgan fingerprint density at radius 2 is 2.05 bits per heavy atom. The van der Waals surface area contributed by atoms with Crippen LogP contribution in [0.15, 0.2) is 17.6 Å². The quantitative estimate of drug-likeness (QED) is 0.749. The number of hydrogen-bond acceptors (Lipinski definition) is 5. The second-order valence-electron chi connectivity index (χ2n) is 6.18. The molecule has 0 amide bonds. The fraction of sp³-hybridized carbons (Fsp3) is 0.733. The van der Waals surface area contributed by atoms with E-state index < -0.39 is 21.1 Å². The highest BCUT2D eigenvalue weighted by atomic mass is 32.2. The third-order valence-corrected chi connectivity index (χ3v) is 6.39. The standard InChI is InChI=1S/C15H24N2O4S/c1-11(2)22(19,20)14-9-17(10-16-14)13(15(18)21-3)8-12-6-4-5-7-12/h9-13H,4-8H2,1-3H3/t13-/m0/s1. The summed E-state index contributed by atoms with van der Waals surface area (Å²) in [6.45, 7) is 3.23. The molecular formula is C15H24N2O4S. The van der Waals surface area contributed by atoms with Gasteiger partial charge < -0.3 is 9.30 Å². The Labute approximate surface area is 131 Å². The molecule has 2 rings (SSSR count). The van der Waals surface area contributed by atoms with E-state index >= 15 is 0 Å². The Kier molecular flexibility index (Phi) is 5.26. The predicted molar refractivity (Wildman–Crippen MR) is 82.2 cm³/mol. The first kappa shape index (κ1) is 17.0. The molecule has 1 heterocycles. The fourth-order valence-corrected chi connectivity index (χ4v) is 3.86. The first-order valence-corrected chi connectivity index (χ1v) is 9.26. The number of sulfone groups is 1. The van der Waals surface area contributed by atoms with Crippen molar-refractivity contribution in [3.8, 4) is 0 Å². The van der Waals surface area contributed by atoms with Gasteiger partial charge in [-0.15, -0.1) is 0 Å². The van der Waals surface area contributed by atoms with E-state index in [4.69, 9.17) is 4.74 Å². The van der Waals surface area contributed by atoms with Crippen LogP contribution in [-0.4, -0.2) is 36.3 Å². The smallest absolute Gasteiger partial charge is 0.328 e. The molecule has 0 radical (unpaired) electrons. The predicted octanol–water partition coefficient (Wildman–Crippen LogP) is 2.36. The molecule has 1 aromatic rings. The number of carbonyl (C=O) groups is 1. The lowest BCUT2D eigenvalue weighted by Gasteiger charge is -2.19. The molecule has 1 fully saturated rings. The molecule has 0 aromatic carbocycles. The van der Waals surface area contributed by atoms with Crippen molar-refractivity contribution in [3.05, 3.63) is 12.5 Å². The largest absolute Gasteiger partial charge is 0.467 e. The summed E-state index contributed by atoms with van der Waals surface area (Å²) < 4.78 is 30.8. The number of carbonyl (C=O) groups excluding carboxylic acids is 1. The zero-order valence-corrected chi connectivity index (χ0v) is 14.2. The number of imidazole rings is 1. The molecule has 0 aliphatic heterocycles. The minimum Gasteiger partial charge on any atom is -0.467 e. The molecule has 22 heavy (non-hydrogen) atoms. The van der Waals surface area contributed by atoms with Crippen LogP contribution in [0.4, 0.5) is 0 Å². The van der Waals surface area contributed by atoms with E-state index in [-0.39, 0.29) is 11.0 Å². The lowest BCUT2D eigenvalue weighted by Crippen LogP contribution is -2.22. The first-order chi connectivity index (χ1) is 10.4. The third kappa shape index (κ3) is 3.51. The van der Waals surface area contributed by atoms with Crippen LogP contribution in [0, 0.1) is 5.92 Å². The second-order valence-corrected chi connectivity index (χ2v) is 8.63. The molecule has 1 aromatic heterocycles. The van der Waals surface area contributed by atoms with Gasteiger partial charge in [0.25, 0.3) is 0 Å². The van der Waals surface area contributed by atoms with Gasteiger partial charge >= 0.3 is 5.97 Å². The molecule has 1 aliphatic carbocycles. The van der Waals surface area contributed by atoms with Gasteiger partial charge in [-0.25, -0.2) is 18.2 Å². The first-order valence-electron chi connectivity index (χ1n) is 7.71. The number of ether oxygens (including phenoxy) is 1. The highest BCUT2D eigenvalue weighted by Gasteiger charge is 2.29. The fourth-order valence-electron chi connectivity index (χ4n) is 2.91. The summed E-state index contributed by atoms with van der Waals surface area (Å²) in [6, 6.07) is -0.503. The average molecular weight is 328 g/mol. The van der Waals surface area contributed by atoms with Crippen molar-refractivity contribution in [2.75, 3.05) is 7.11 Å². The maximum absolute atomic E-state index is 12.2. The van der Waals surface area contributed by atoms with Crippen molar-refractivity contribution >= 4 is 15.8 Å². The van der Waals surface area contributed by atoms with E-state index in [1.807, 2.05) is 0 Å². The number of methoxy groups -OCH3 is 1. The Bertz CT molecular complexity index is 615. The van der Waals surface area contributed by atoms with Crippen LogP contribution in [0.25, 0.3) is 0 Å². The summed E-state index contributed by atoms with van der Waals surface area (Å²) in [5.41, 5.74) is 0. The van der Waals surface area contributed by atoms with Crippen molar-refractivity contribution in [2.24, 2.45) is 5.92 Å². The van der Waals surface area contributed by atoms with Crippen LogP contribution < -0.4 is 0 Å². The topological polar surface area (TPSA) is 78.3 Å². The summed E-state index contributed by atoms with van der Waals surface area (Å²) >= 11 is 0. The van der Waals surface area contributed by atoms with E-state index in [0.717, 1.165) is 12.8 Å². The van der Waals surface area contributed by atoms with Crippen LogP contribution >= 0.6 is 0 Å². The van der Waals surface area contributed by atoms with Gasteiger partial charge in [0, 0.05) is 6.20 Å². The average Bonchev–Trinajstić information content (AvgIpc) is 3.15. The van der Waals surface area contributed by atoms with Crippen molar-refractivity contribution in [1.82, 2.24) is 9.55 Å². The van der Waals surface area contributed by atoms with E-state index in [1.54, 1.807) is 18.4 Å². The third-order valence-electron chi connectivity index (χ3n) is 4.35. The van der Waals surface area contributed by atoms with Crippen LogP contribution in [0.1, 0.15) is 52.0 Å². The minimum atomic E-state index is -3.43. The molecule has 0 unspecified atom stereocenters. The SMILES string of the molecule is COC(=O)[C@H](CC1CCCC1)n1cnc(S(=O)(=O)C(C)C)c1. The molecule has 1 saturated carbocycles. The second kappa shape index (κ2) is 6.81. The van der Waals surface area contributed by atoms with Gasteiger partial charge in [-0.05, 0) is 26.2 Å². The van der Waals surface area contributed by atoms with Gasteiger partial charge in [-0.2, -0.15) is 0 Å². The summed E-state index contributed by atoms with van der Waals surface area (Å²) in [5, 5.41) is -0.523. The van der Waals surface area contributed by atoms with Crippen molar-refractivity contribution in [3.63, 3.8) is 0 Å². The summed E-state index contributed by atoms with van der Waals surface area (Å²) in [5.74, 6) is 0.134. The molecule has 0 saturated heterocycles. The number of nitrogens with zero attached hydrogens (tertiary/aromatic N) is 2. The van der Waals surface area contributed by atoms with Gasteiger partial charge in [0.1, 0.15) is 6.04 Å². The molecule has 1 atom stereocenters. The summed E-state index contributed by atoms with van der Waals surface area (Å²) in [7, 11) is -2.08. The van der Waals surface area contributed by atoms with Gasteiger partial charge in [0.15, 0.2) is 14.9 Å².